The average Bonchev–Trinajstić information content (AvgIpc) is 2.55. The molecule has 0 bridgehead atoms. The Hall–Kier alpha value is -1.16. The van der Waals surface area contributed by atoms with Gasteiger partial charge in [-0.2, -0.15) is 4.31 Å². The number of sulfonamides is 2. The van der Waals surface area contributed by atoms with Crippen LogP contribution in [-0.4, -0.2) is 59.7 Å². The standard InChI is InChI=1S/C14H20N2O5S2/c17-22(18)12-2-1-7-16(22)13-3-5-14(6-4-13)23(19,20)15-8-10-21-11-9-15/h3-6H,1-2,7-12H2. The molecule has 0 aliphatic carbocycles. The van der Waals surface area contributed by atoms with Crippen LogP contribution in [0.3, 0.4) is 0 Å². The van der Waals surface area contributed by atoms with E-state index in [-0.39, 0.29) is 10.6 Å². The number of anilines is 1. The van der Waals surface area contributed by atoms with Crippen LogP contribution >= 0.6 is 0 Å². The Morgan fingerprint density at radius 1 is 0.957 bits per heavy atom. The van der Waals surface area contributed by atoms with Crippen LogP contribution in [0.15, 0.2) is 29.2 Å². The first-order valence-corrected chi connectivity index (χ1v) is 10.6. The minimum Gasteiger partial charge on any atom is -0.379 e. The molecule has 0 unspecified atom stereocenters. The van der Waals surface area contributed by atoms with Gasteiger partial charge in [0.2, 0.25) is 20.0 Å². The molecule has 9 heteroatoms. The molecule has 2 saturated heterocycles. The molecule has 0 spiro atoms. The number of rotatable bonds is 3. The van der Waals surface area contributed by atoms with Crippen molar-refractivity contribution in [2.75, 3.05) is 42.9 Å². The van der Waals surface area contributed by atoms with E-state index in [9.17, 15) is 16.8 Å². The monoisotopic (exact) mass is 360 g/mol. The van der Waals surface area contributed by atoms with Gasteiger partial charge in [0.15, 0.2) is 0 Å². The van der Waals surface area contributed by atoms with E-state index in [0.29, 0.717) is 45.0 Å². The molecular formula is C14H20N2O5S2. The van der Waals surface area contributed by atoms with Crippen LogP contribution in [0.2, 0.25) is 0 Å². The lowest BCUT2D eigenvalue weighted by molar-refractivity contribution is 0.0730. The summed E-state index contributed by atoms with van der Waals surface area (Å²) in [6, 6.07) is 6.08. The second kappa shape index (κ2) is 6.39. The predicted octanol–water partition coefficient (Wildman–Crippen LogP) is 0.637. The maximum Gasteiger partial charge on any atom is 0.243 e. The van der Waals surface area contributed by atoms with Gasteiger partial charge >= 0.3 is 0 Å². The van der Waals surface area contributed by atoms with Crippen LogP contribution in [0.1, 0.15) is 12.8 Å². The van der Waals surface area contributed by atoms with Crippen LogP contribution in [0.25, 0.3) is 0 Å². The highest BCUT2D eigenvalue weighted by molar-refractivity contribution is 7.92. The Kier molecular flexibility index (Phi) is 4.63. The Morgan fingerprint density at radius 2 is 1.61 bits per heavy atom. The smallest absolute Gasteiger partial charge is 0.243 e. The fourth-order valence-corrected chi connectivity index (χ4v) is 5.85. The highest BCUT2D eigenvalue weighted by atomic mass is 32.2. The number of nitrogens with zero attached hydrogens (tertiary/aromatic N) is 2. The molecule has 0 aromatic heterocycles. The molecule has 0 N–H and O–H groups in total. The van der Waals surface area contributed by atoms with E-state index in [0.717, 1.165) is 6.42 Å². The lowest BCUT2D eigenvalue weighted by Gasteiger charge is -2.29. The first-order chi connectivity index (χ1) is 10.9. The lowest BCUT2D eigenvalue weighted by Crippen LogP contribution is -2.40. The van der Waals surface area contributed by atoms with Gasteiger partial charge in [-0.15, -0.1) is 0 Å². The summed E-state index contributed by atoms with van der Waals surface area (Å²) in [6.45, 7) is 1.90. The van der Waals surface area contributed by atoms with E-state index in [1.165, 1.54) is 20.7 Å². The van der Waals surface area contributed by atoms with Gasteiger partial charge in [0.25, 0.3) is 0 Å². The first-order valence-electron chi connectivity index (χ1n) is 7.60. The summed E-state index contributed by atoms with van der Waals surface area (Å²) in [7, 11) is -6.84. The molecule has 3 rings (SSSR count). The third-order valence-electron chi connectivity index (χ3n) is 4.08. The van der Waals surface area contributed by atoms with Gasteiger partial charge in [-0.1, -0.05) is 0 Å². The maximum atomic E-state index is 12.5. The van der Waals surface area contributed by atoms with Crippen LogP contribution in [-0.2, 0) is 24.8 Å². The van der Waals surface area contributed by atoms with Crippen molar-refractivity contribution < 1.29 is 21.6 Å². The zero-order valence-electron chi connectivity index (χ0n) is 12.7. The largest absolute Gasteiger partial charge is 0.379 e. The summed E-state index contributed by atoms with van der Waals surface area (Å²) in [6.07, 6.45) is 1.48. The summed E-state index contributed by atoms with van der Waals surface area (Å²) in [5.74, 6) is 0.140. The molecule has 2 heterocycles. The fourth-order valence-electron chi connectivity index (χ4n) is 2.80. The summed E-state index contributed by atoms with van der Waals surface area (Å²) < 4.78 is 57.2. The molecule has 2 aliphatic heterocycles. The van der Waals surface area contributed by atoms with Crippen molar-refractivity contribution in [3.8, 4) is 0 Å². The van der Waals surface area contributed by atoms with Crippen molar-refractivity contribution in [3.05, 3.63) is 24.3 Å². The zero-order chi connectivity index (χ0) is 16.5. The van der Waals surface area contributed by atoms with Crippen molar-refractivity contribution in [1.29, 1.82) is 0 Å². The Labute approximate surface area is 136 Å². The molecule has 1 aromatic rings. The van der Waals surface area contributed by atoms with E-state index in [4.69, 9.17) is 4.74 Å². The average molecular weight is 360 g/mol. The third-order valence-corrected chi connectivity index (χ3v) is 7.86. The normalized spacial score (nSPS) is 22.9. The summed E-state index contributed by atoms with van der Waals surface area (Å²) in [5, 5.41) is 0. The fraction of sp³-hybridized carbons (Fsp3) is 0.571. The van der Waals surface area contributed by atoms with E-state index >= 15 is 0 Å². The van der Waals surface area contributed by atoms with Crippen LogP contribution < -0.4 is 4.31 Å². The van der Waals surface area contributed by atoms with E-state index in [2.05, 4.69) is 0 Å². The van der Waals surface area contributed by atoms with Crippen molar-refractivity contribution >= 4 is 25.7 Å². The van der Waals surface area contributed by atoms with Crippen LogP contribution in [0, 0.1) is 0 Å². The number of morpholine rings is 1. The molecule has 1 aromatic carbocycles. The van der Waals surface area contributed by atoms with Gasteiger partial charge in [0.05, 0.1) is 29.5 Å². The topological polar surface area (TPSA) is 84.0 Å². The molecule has 23 heavy (non-hydrogen) atoms. The van der Waals surface area contributed by atoms with Crippen molar-refractivity contribution in [1.82, 2.24) is 4.31 Å². The quantitative estimate of drug-likeness (QED) is 0.790. The highest BCUT2D eigenvalue weighted by Crippen LogP contribution is 2.26. The van der Waals surface area contributed by atoms with Crippen molar-refractivity contribution in [2.24, 2.45) is 0 Å². The number of ether oxygens (including phenoxy) is 1. The molecular weight excluding hydrogens is 340 g/mol. The van der Waals surface area contributed by atoms with Crippen LogP contribution in [0.5, 0.6) is 0 Å². The Balaban J connectivity index is 1.84. The predicted molar refractivity (Wildman–Crippen MR) is 86.4 cm³/mol. The lowest BCUT2D eigenvalue weighted by atomic mass is 10.3. The molecule has 0 atom stereocenters. The number of hydrogen-bond acceptors (Lipinski definition) is 5. The number of benzene rings is 1. The van der Waals surface area contributed by atoms with E-state index in [1.54, 1.807) is 12.1 Å². The Morgan fingerprint density at radius 3 is 2.22 bits per heavy atom. The molecule has 2 aliphatic rings. The van der Waals surface area contributed by atoms with Crippen molar-refractivity contribution in [3.63, 3.8) is 0 Å². The zero-order valence-corrected chi connectivity index (χ0v) is 14.4. The second-order valence-electron chi connectivity index (χ2n) is 5.61. The van der Waals surface area contributed by atoms with Gasteiger partial charge in [-0.25, -0.2) is 16.8 Å². The van der Waals surface area contributed by atoms with Gasteiger partial charge in [-0.05, 0) is 37.1 Å². The minimum atomic E-state index is -3.55. The SMILES string of the molecule is O=S1(=O)CCCCN1c1ccc(S(=O)(=O)N2CCOCC2)cc1. The third kappa shape index (κ3) is 3.37. The van der Waals surface area contributed by atoms with Gasteiger partial charge in [0.1, 0.15) is 0 Å². The maximum absolute atomic E-state index is 12.5. The van der Waals surface area contributed by atoms with Gasteiger partial charge < -0.3 is 4.74 Å². The van der Waals surface area contributed by atoms with Gasteiger partial charge in [0, 0.05) is 19.6 Å². The highest BCUT2D eigenvalue weighted by Gasteiger charge is 2.28. The second-order valence-corrected chi connectivity index (χ2v) is 9.56. The molecule has 0 amide bonds. The summed E-state index contributed by atoms with van der Waals surface area (Å²) in [5.41, 5.74) is 0.519. The minimum absolute atomic E-state index is 0.140. The molecule has 7 nitrogen and oxygen atoms in total. The number of hydrogen-bond donors (Lipinski definition) is 0. The van der Waals surface area contributed by atoms with Crippen LogP contribution in [0.4, 0.5) is 5.69 Å². The molecule has 0 radical (unpaired) electrons. The molecule has 2 fully saturated rings. The molecule has 0 saturated carbocycles. The van der Waals surface area contributed by atoms with Gasteiger partial charge in [-0.3, -0.25) is 4.31 Å². The van der Waals surface area contributed by atoms with Crippen molar-refractivity contribution in [2.45, 2.75) is 17.7 Å². The summed E-state index contributed by atoms with van der Waals surface area (Å²) in [4.78, 5) is 0.178. The Bertz CT molecular complexity index is 753. The summed E-state index contributed by atoms with van der Waals surface area (Å²) >= 11 is 0. The molecule has 128 valence electrons. The first kappa shape index (κ1) is 16.7. The van der Waals surface area contributed by atoms with E-state index in [1.807, 2.05) is 0 Å². The van der Waals surface area contributed by atoms with E-state index < -0.39 is 20.0 Å².